The summed E-state index contributed by atoms with van der Waals surface area (Å²) in [6, 6.07) is 4.56. The number of benzene rings is 1. The average molecular weight is 280 g/mol. The average Bonchev–Trinajstić information content (AvgIpc) is 2.19. The Bertz CT molecular complexity index is 383. The lowest BCUT2D eigenvalue weighted by atomic mass is 10.2. The minimum Gasteiger partial charge on any atom is -0.491 e. The van der Waals surface area contributed by atoms with Crippen LogP contribution in [0.5, 0.6) is 5.75 Å². The molecule has 0 saturated heterocycles. The Morgan fingerprint density at radius 1 is 1.47 bits per heavy atom. The summed E-state index contributed by atoms with van der Waals surface area (Å²) < 4.78 is 5.38. The lowest BCUT2D eigenvalue weighted by molar-refractivity contribution is 0.0692. The molecule has 0 aliphatic rings. The molecule has 96 valence electrons. The summed E-state index contributed by atoms with van der Waals surface area (Å²) in [7, 11) is 3.84. The fraction of sp³-hybridized carbons (Fsp3) is 0.364. The number of nitrogens with zero attached hydrogens (tertiary/aromatic N) is 1. The van der Waals surface area contributed by atoms with E-state index in [2.05, 4.69) is 0 Å². The van der Waals surface area contributed by atoms with Crippen molar-refractivity contribution in [2.45, 2.75) is 0 Å². The molecular formula is C11H15Cl2NO3. The van der Waals surface area contributed by atoms with Gasteiger partial charge in [-0.05, 0) is 32.3 Å². The summed E-state index contributed by atoms with van der Waals surface area (Å²) in [6.45, 7) is 1.16. The lowest BCUT2D eigenvalue weighted by Gasteiger charge is -2.12. The molecule has 0 bridgehead atoms. The van der Waals surface area contributed by atoms with Gasteiger partial charge in [0.2, 0.25) is 0 Å². The Labute approximate surface area is 112 Å². The number of carbonyl (C=O) groups is 1. The quantitative estimate of drug-likeness (QED) is 0.899. The van der Waals surface area contributed by atoms with Crippen LogP contribution in [0, 0.1) is 0 Å². The number of halogens is 2. The van der Waals surface area contributed by atoms with Gasteiger partial charge in [0.15, 0.2) is 0 Å². The Morgan fingerprint density at radius 3 is 2.65 bits per heavy atom. The highest BCUT2D eigenvalue weighted by Crippen LogP contribution is 2.22. The number of aromatic carboxylic acids is 1. The number of carboxylic acids is 1. The number of hydrogen-bond acceptors (Lipinski definition) is 3. The highest BCUT2D eigenvalue weighted by atomic mass is 35.5. The molecule has 1 aromatic rings. The first kappa shape index (κ1) is 16.0. The summed E-state index contributed by atoms with van der Waals surface area (Å²) >= 11 is 5.72. The first-order chi connectivity index (χ1) is 7.50. The van der Waals surface area contributed by atoms with Crippen molar-refractivity contribution >= 4 is 30.0 Å². The summed E-state index contributed by atoms with van der Waals surface area (Å²) in [6.07, 6.45) is 0. The van der Waals surface area contributed by atoms with Crippen LogP contribution < -0.4 is 4.74 Å². The van der Waals surface area contributed by atoms with Crippen LogP contribution >= 0.6 is 24.0 Å². The lowest BCUT2D eigenvalue weighted by Crippen LogP contribution is -2.20. The number of hydrogen-bond donors (Lipinski definition) is 1. The van der Waals surface area contributed by atoms with Gasteiger partial charge < -0.3 is 14.7 Å². The third-order valence-corrected chi connectivity index (χ3v) is 2.20. The predicted octanol–water partition coefficient (Wildman–Crippen LogP) is 2.40. The van der Waals surface area contributed by atoms with Crippen LogP contribution in [0.25, 0.3) is 0 Å². The molecule has 1 aromatic carbocycles. The highest BCUT2D eigenvalue weighted by Gasteiger charge is 2.11. The van der Waals surface area contributed by atoms with E-state index in [1.54, 1.807) is 12.1 Å². The molecule has 6 heteroatoms. The Morgan fingerprint density at radius 2 is 2.12 bits per heavy atom. The molecule has 0 radical (unpaired) electrons. The second-order valence-electron chi connectivity index (χ2n) is 3.60. The van der Waals surface area contributed by atoms with Crippen LogP contribution in [-0.4, -0.2) is 43.2 Å². The SMILES string of the molecule is CN(C)CCOc1ccc(Cl)cc1C(=O)O.Cl. The van der Waals surface area contributed by atoms with Crippen molar-refractivity contribution < 1.29 is 14.6 Å². The van der Waals surface area contributed by atoms with Gasteiger partial charge in [0.25, 0.3) is 0 Å². The smallest absolute Gasteiger partial charge is 0.339 e. The summed E-state index contributed by atoms with van der Waals surface area (Å²) in [4.78, 5) is 12.9. The minimum absolute atomic E-state index is 0. The molecule has 0 amide bonds. The molecule has 0 spiro atoms. The van der Waals surface area contributed by atoms with Crippen molar-refractivity contribution in [1.29, 1.82) is 0 Å². The highest BCUT2D eigenvalue weighted by molar-refractivity contribution is 6.31. The minimum atomic E-state index is -1.04. The summed E-state index contributed by atoms with van der Waals surface area (Å²) in [5.74, 6) is -0.693. The topological polar surface area (TPSA) is 49.8 Å². The molecule has 1 N–H and O–H groups in total. The maximum Gasteiger partial charge on any atom is 0.339 e. The van der Waals surface area contributed by atoms with E-state index in [9.17, 15) is 4.79 Å². The number of ether oxygens (including phenoxy) is 1. The standard InChI is InChI=1S/C11H14ClNO3.ClH/c1-13(2)5-6-16-10-4-3-8(12)7-9(10)11(14)15;/h3-4,7H,5-6H2,1-2H3,(H,14,15);1H. The van der Waals surface area contributed by atoms with Gasteiger partial charge in [-0.3, -0.25) is 0 Å². The fourth-order valence-corrected chi connectivity index (χ4v) is 1.31. The van der Waals surface area contributed by atoms with Crippen LogP contribution in [-0.2, 0) is 0 Å². The van der Waals surface area contributed by atoms with Crippen molar-refractivity contribution in [3.63, 3.8) is 0 Å². The number of carboxylic acid groups (broad SMARTS) is 1. The molecule has 0 aliphatic carbocycles. The molecule has 0 atom stereocenters. The molecule has 0 aromatic heterocycles. The molecule has 0 unspecified atom stereocenters. The molecule has 0 heterocycles. The molecule has 17 heavy (non-hydrogen) atoms. The van der Waals surface area contributed by atoms with Gasteiger partial charge in [-0.15, -0.1) is 12.4 Å². The normalized spacial score (nSPS) is 9.88. The van der Waals surface area contributed by atoms with Crippen LogP contribution in [0.3, 0.4) is 0 Å². The van der Waals surface area contributed by atoms with E-state index in [1.165, 1.54) is 6.07 Å². The van der Waals surface area contributed by atoms with Gasteiger partial charge in [0.05, 0.1) is 0 Å². The zero-order chi connectivity index (χ0) is 12.1. The monoisotopic (exact) mass is 279 g/mol. The molecule has 0 fully saturated rings. The Kier molecular flexibility index (Phi) is 6.95. The summed E-state index contributed by atoms with van der Waals surface area (Å²) in [5, 5.41) is 9.34. The molecule has 4 nitrogen and oxygen atoms in total. The number of rotatable bonds is 5. The second-order valence-corrected chi connectivity index (χ2v) is 4.03. The van der Waals surface area contributed by atoms with E-state index in [-0.39, 0.29) is 18.0 Å². The van der Waals surface area contributed by atoms with Crippen LogP contribution in [0.4, 0.5) is 0 Å². The van der Waals surface area contributed by atoms with Gasteiger partial charge in [0.1, 0.15) is 17.9 Å². The molecule has 0 aliphatic heterocycles. The third-order valence-electron chi connectivity index (χ3n) is 1.97. The largest absolute Gasteiger partial charge is 0.491 e. The van der Waals surface area contributed by atoms with Gasteiger partial charge in [-0.1, -0.05) is 11.6 Å². The van der Waals surface area contributed by atoms with E-state index < -0.39 is 5.97 Å². The first-order valence-corrected chi connectivity index (χ1v) is 5.19. The van der Waals surface area contributed by atoms with Crippen LogP contribution in [0.15, 0.2) is 18.2 Å². The summed E-state index contributed by atoms with van der Waals surface area (Å²) in [5.41, 5.74) is 0.0891. The van der Waals surface area contributed by atoms with E-state index in [1.807, 2.05) is 19.0 Å². The van der Waals surface area contributed by atoms with E-state index >= 15 is 0 Å². The Hall–Kier alpha value is -0.970. The van der Waals surface area contributed by atoms with E-state index in [0.29, 0.717) is 17.4 Å². The first-order valence-electron chi connectivity index (χ1n) is 4.81. The second kappa shape index (κ2) is 7.37. The zero-order valence-electron chi connectivity index (χ0n) is 9.64. The Balaban J connectivity index is 0.00000256. The van der Waals surface area contributed by atoms with E-state index in [0.717, 1.165) is 6.54 Å². The zero-order valence-corrected chi connectivity index (χ0v) is 11.2. The van der Waals surface area contributed by atoms with Crippen molar-refractivity contribution in [2.75, 3.05) is 27.2 Å². The molecular weight excluding hydrogens is 265 g/mol. The van der Waals surface area contributed by atoms with E-state index in [4.69, 9.17) is 21.4 Å². The van der Waals surface area contributed by atoms with Gasteiger partial charge in [-0.25, -0.2) is 4.79 Å². The molecule has 0 saturated carbocycles. The fourth-order valence-electron chi connectivity index (χ4n) is 1.13. The molecule has 1 rings (SSSR count). The van der Waals surface area contributed by atoms with Crippen LogP contribution in [0.2, 0.25) is 5.02 Å². The van der Waals surface area contributed by atoms with Gasteiger partial charge in [0, 0.05) is 11.6 Å². The van der Waals surface area contributed by atoms with Crippen LogP contribution in [0.1, 0.15) is 10.4 Å². The maximum absolute atomic E-state index is 10.9. The maximum atomic E-state index is 10.9. The van der Waals surface area contributed by atoms with Crippen molar-refractivity contribution in [2.24, 2.45) is 0 Å². The number of likely N-dealkylation sites (N-methyl/N-ethyl adjacent to an activating group) is 1. The van der Waals surface area contributed by atoms with Gasteiger partial charge >= 0.3 is 5.97 Å². The third kappa shape index (κ3) is 5.26. The van der Waals surface area contributed by atoms with Crippen molar-refractivity contribution in [3.8, 4) is 5.75 Å². The van der Waals surface area contributed by atoms with Crippen molar-refractivity contribution in [1.82, 2.24) is 4.90 Å². The van der Waals surface area contributed by atoms with Gasteiger partial charge in [-0.2, -0.15) is 0 Å². The predicted molar refractivity (Wildman–Crippen MR) is 69.7 cm³/mol. The van der Waals surface area contributed by atoms with Crippen molar-refractivity contribution in [3.05, 3.63) is 28.8 Å².